The van der Waals surface area contributed by atoms with E-state index in [1.807, 2.05) is 12.2 Å². The Hall–Kier alpha value is -1.13. The molecule has 1 fully saturated rings. The van der Waals surface area contributed by atoms with E-state index in [-0.39, 0.29) is 11.4 Å². The molecule has 4 N–H and O–H groups in total. The molecule has 132 valence electrons. The van der Waals surface area contributed by atoms with E-state index in [1.54, 1.807) is 0 Å². The fourth-order valence-electron chi connectivity index (χ4n) is 3.64. The van der Waals surface area contributed by atoms with Crippen LogP contribution in [0.4, 0.5) is 0 Å². The van der Waals surface area contributed by atoms with Gasteiger partial charge in [-0.15, -0.1) is 13.2 Å². The number of amides is 1. The lowest BCUT2D eigenvalue weighted by atomic mass is 9.75. The number of carbonyl (C=O) groups is 1. The zero-order valence-corrected chi connectivity index (χ0v) is 15.0. The summed E-state index contributed by atoms with van der Waals surface area (Å²) in [5.41, 5.74) is 12.0. The Morgan fingerprint density at radius 3 is 2.30 bits per heavy atom. The van der Waals surface area contributed by atoms with Crippen molar-refractivity contribution in [3.05, 3.63) is 25.3 Å². The summed E-state index contributed by atoms with van der Waals surface area (Å²) in [6, 6.07) is -0.533. The van der Waals surface area contributed by atoms with Crippen LogP contribution >= 0.6 is 0 Å². The molecular weight excluding hydrogens is 286 g/mol. The number of primary amides is 1. The maximum absolute atomic E-state index is 12.1. The molecule has 1 atom stereocenters. The lowest BCUT2D eigenvalue weighted by Gasteiger charge is -2.41. The van der Waals surface area contributed by atoms with Crippen LogP contribution in [0.3, 0.4) is 0 Å². The fraction of sp³-hybridized carbons (Fsp3) is 0.737. The van der Waals surface area contributed by atoms with Crippen LogP contribution in [0.25, 0.3) is 0 Å². The summed E-state index contributed by atoms with van der Waals surface area (Å²) in [4.78, 5) is 12.1. The molecule has 4 nitrogen and oxygen atoms in total. The molecular formula is C19H35N3O. The molecule has 1 rings (SSSR count). The van der Waals surface area contributed by atoms with E-state index in [9.17, 15) is 4.79 Å². The first kappa shape index (κ1) is 19.9. The van der Waals surface area contributed by atoms with Gasteiger partial charge in [0.1, 0.15) is 6.04 Å². The second-order valence-corrected chi connectivity index (χ2v) is 6.92. The first-order chi connectivity index (χ1) is 11.0. The van der Waals surface area contributed by atoms with Crippen LogP contribution in [0.5, 0.6) is 0 Å². The summed E-state index contributed by atoms with van der Waals surface area (Å²) < 4.78 is 0. The van der Waals surface area contributed by atoms with Gasteiger partial charge in [-0.2, -0.15) is 0 Å². The molecule has 0 aromatic heterocycles. The molecule has 0 radical (unpaired) electrons. The van der Waals surface area contributed by atoms with E-state index < -0.39 is 11.5 Å². The van der Waals surface area contributed by atoms with E-state index in [0.717, 1.165) is 38.5 Å². The Bertz CT molecular complexity index is 391. The Balaban J connectivity index is 2.89. The van der Waals surface area contributed by atoms with Crippen LogP contribution in [-0.4, -0.2) is 17.5 Å². The molecule has 0 aliphatic heterocycles. The lowest BCUT2D eigenvalue weighted by Crippen LogP contribution is -2.62. The summed E-state index contributed by atoms with van der Waals surface area (Å²) in [5.74, 6) is -0.365. The van der Waals surface area contributed by atoms with Crippen molar-refractivity contribution >= 4 is 5.91 Å². The van der Waals surface area contributed by atoms with Gasteiger partial charge in [0.2, 0.25) is 5.91 Å². The van der Waals surface area contributed by atoms with Gasteiger partial charge < -0.3 is 5.73 Å². The third-order valence-electron chi connectivity index (χ3n) is 5.51. The van der Waals surface area contributed by atoms with Gasteiger partial charge in [0, 0.05) is 11.0 Å². The maximum atomic E-state index is 12.1. The highest BCUT2D eigenvalue weighted by Gasteiger charge is 2.39. The average molecular weight is 322 g/mol. The SMILES string of the molecule is C=CC(C=C)(CCCC)C(NNC1(CC)CCCCC1)C(N)=O. The van der Waals surface area contributed by atoms with Gasteiger partial charge >= 0.3 is 0 Å². The number of hydrogen-bond acceptors (Lipinski definition) is 3. The van der Waals surface area contributed by atoms with Crippen LogP contribution in [-0.2, 0) is 4.79 Å². The molecule has 0 saturated heterocycles. The van der Waals surface area contributed by atoms with Crippen molar-refractivity contribution < 1.29 is 4.79 Å². The molecule has 1 aliphatic rings. The van der Waals surface area contributed by atoms with Gasteiger partial charge in [-0.25, -0.2) is 5.43 Å². The highest BCUT2D eigenvalue weighted by atomic mass is 16.1. The minimum atomic E-state index is -0.533. The van der Waals surface area contributed by atoms with Gasteiger partial charge in [-0.05, 0) is 25.7 Å². The number of rotatable bonds is 11. The van der Waals surface area contributed by atoms with Crippen molar-refractivity contribution in [1.29, 1.82) is 0 Å². The molecule has 0 heterocycles. The molecule has 0 aromatic rings. The van der Waals surface area contributed by atoms with Crippen molar-refractivity contribution in [2.75, 3.05) is 0 Å². The molecule has 1 unspecified atom stereocenters. The Labute approximate surface area is 141 Å². The van der Waals surface area contributed by atoms with Crippen molar-refractivity contribution in [2.45, 2.75) is 83.2 Å². The first-order valence-electron chi connectivity index (χ1n) is 9.08. The van der Waals surface area contributed by atoms with Crippen molar-refractivity contribution in [2.24, 2.45) is 11.1 Å². The van der Waals surface area contributed by atoms with Crippen molar-refractivity contribution in [3.63, 3.8) is 0 Å². The number of nitrogens with one attached hydrogen (secondary N) is 2. The quantitative estimate of drug-likeness (QED) is 0.402. The van der Waals surface area contributed by atoms with Crippen LogP contribution < -0.4 is 16.6 Å². The second kappa shape index (κ2) is 9.24. The van der Waals surface area contributed by atoms with Gasteiger partial charge in [0.15, 0.2) is 0 Å². The summed E-state index contributed by atoms with van der Waals surface area (Å²) in [7, 11) is 0. The van der Waals surface area contributed by atoms with E-state index in [2.05, 4.69) is 37.9 Å². The monoisotopic (exact) mass is 321 g/mol. The maximum Gasteiger partial charge on any atom is 0.237 e. The first-order valence-corrected chi connectivity index (χ1v) is 9.08. The summed E-state index contributed by atoms with van der Waals surface area (Å²) in [6.07, 6.45) is 13.6. The largest absolute Gasteiger partial charge is 0.368 e. The number of hydrazine groups is 1. The predicted octanol–water partition coefficient (Wildman–Crippen LogP) is 3.60. The highest BCUT2D eigenvalue weighted by molar-refractivity contribution is 5.81. The van der Waals surface area contributed by atoms with E-state index >= 15 is 0 Å². The smallest absolute Gasteiger partial charge is 0.237 e. The lowest BCUT2D eigenvalue weighted by molar-refractivity contribution is -0.122. The summed E-state index contributed by atoms with van der Waals surface area (Å²) in [5, 5.41) is 0. The Kier molecular flexibility index (Phi) is 8.00. The molecule has 1 amide bonds. The van der Waals surface area contributed by atoms with Crippen LogP contribution in [0.1, 0.15) is 71.6 Å². The van der Waals surface area contributed by atoms with E-state index in [0.29, 0.717) is 0 Å². The van der Waals surface area contributed by atoms with Crippen LogP contribution in [0.15, 0.2) is 25.3 Å². The fourth-order valence-corrected chi connectivity index (χ4v) is 3.64. The summed E-state index contributed by atoms with van der Waals surface area (Å²) >= 11 is 0. The Morgan fingerprint density at radius 2 is 1.87 bits per heavy atom. The van der Waals surface area contributed by atoms with Gasteiger partial charge in [-0.3, -0.25) is 10.2 Å². The third-order valence-corrected chi connectivity index (χ3v) is 5.51. The van der Waals surface area contributed by atoms with Gasteiger partial charge in [0.25, 0.3) is 0 Å². The molecule has 0 aromatic carbocycles. The average Bonchev–Trinajstić information content (AvgIpc) is 2.58. The number of hydrogen-bond donors (Lipinski definition) is 3. The van der Waals surface area contributed by atoms with Gasteiger partial charge in [0.05, 0.1) is 0 Å². The predicted molar refractivity (Wildman–Crippen MR) is 97.7 cm³/mol. The molecule has 0 bridgehead atoms. The zero-order valence-electron chi connectivity index (χ0n) is 15.0. The number of unbranched alkanes of at least 4 members (excludes halogenated alkanes) is 1. The van der Waals surface area contributed by atoms with Crippen molar-refractivity contribution in [1.82, 2.24) is 10.9 Å². The summed E-state index contributed by atoms with van der Waals surface area (Å²) in [6.45, 7) is 12.2. The minimum Gasteiger partial charge on any atom is -0.368 e. The molecule has 1 saturated carbocycles. The molecule has 1 aliphatic carbocycles. The normalized spacial score (nSPS) is 19.0. The highest BCUT2D eigenvalue weighted by Crippen LogP contribution is 2.33. The third kappa shape index (κ3) is 4.92. The second-order valence-electron chi connectivity index (χ2n) is 6.92. The van der Waals surface area contributed by atoms with Crippen molar-refractivity contribution in [3.8, 4) is 0 Å². The van der Waals surface area contributed by atoms with E-state index in [4.69, 9.17) is 5.73 Å². The number of nitrogens with two attached hydrogens (primary N) is 1. The topological polar surface area (TPSA) is 67.2 Å². The standard InChI is InChI=1S/C19H35N3O/c1-5-9-13-18(6-2,7-3)16(17(20)23)21-22-19(8-4)14-11-10-12-15-19/h6-7,16,21-22H,2-3,5,8-15H2,1,4H3,(H2,20,23). The Morgan fingerprint density at radius 1 is 1.26 bits per heavy atom. The molecule has 0 spiro atoms. The van der Waals surface area contributed by atoms with E-state index in [1.165, 1.54) is 19.3 Å². The minimum absolute atomic E-state index is 0.0603. The zero-order chi connectivity index (χ0) is 17.3. The molecule has 23 heavy (non-hydrogen) atoms. The molecule has 4 heteroatoms. The number of carbonyl (C=O) groups excluding carboxylic acids is 1. The van der Waals surface area contributed by atoms with Crippen LogP contribution in [0, 0.1) is 5.41 Å². The van der Waals surface area contributed by atoms with Crippen LogP contribution in [0.2, 0.25) is 0 Å². The van der Waals surface area contributed by atoms with Gasteiger partial charge in [-0.1, -0.05) is 58.1 Å².